The molecule has 3 aliphatic rings. The average molecular weight is 735 g/mol. The van der Waals surface area contributed by atoms with Crippen molar-refractivity contribution >= 4 is 50.5 Å². The zero-order valence-corrected chi connectivity index (χ0v) is 30.2. The van der Waals surface area contributed by atoms with Gasteiger partial charge in [-0.3, -0.25) is 19.0 Å². The molecule has 1 unspecified atom stereocenters. The molecule has 3 aliphatic heterocycles. The van der Waals surface area contributed by atoms with E-state index in [4.69, 9.17) is 27.9 Å². The van der Waals surface area contributed by atoms with E-state index >= 15 is 0 Å². The highest BCUT2D eigenvalue weighted by molar-refractivity contribution is 7.92. The lowest BCUT2D eigenvalue weighted by Crippen LogP contribution is -2.59. The highest BCUT2D eigenvalue weighted by atomic mass is 35.5. The molecule has 50 heavy (non-hydrogen) atoms. The Labute approximate surface area is 304 Å². The largest absolute Gasteiger partial charge is 0.369 e. The fourth-order valence-electron chi connectivity index (χ4n) is 7.78. The van der Waals surface area contributed by atoms with Crippen molar-refractivity contribution in [3.63, 3.8) is 0 Å². The summed E-state index contributed by atoms with van der Waals surface area (Å²) >= 11 is 12.3. The zero-order chi connectivity index (χ0) is 34.7. The minimum atomic E-state index is -4.00. The molecule has 0 bridgehead atoms. The molecule has 1 aromatic heterocycles. The number of aromatic nitrogens is 1. The van der Waals surface area contributed by atoms with Crippen molar-refractivity contribution in [2.24, 2.45) is 0 Å². The normalized spacial score (nSPS) is 19.6. The van der Waals surface area contributed by atoms with Gasteiger partial charge in [0.25, 0.3) is 10.0 Å². The van der Waals surface area contributed by atoms with Crippen LogP contribution in [0.2, 0.25) is 10.0 Å². The van der Waals surface area contributed by atoms with Crippen LogP contribution in [0.4, 0.5) is 11.4 Å². The third-order valence-corrected chi connectivity index (χ3v) is 13.1. The Morgan fingerprint density at radius 2 is 1.54 bits per heavy atom. The number of carbonyl (C=O) groups is 1. The molecule has 0 radical (unpaired) electrons. The van der Waals surface area contributed by atoms with Crippen molar-refractivity contribution in [2.45, 2.75) is 42.2 Å². The van der Waals surface area contributed by atoms with Crippen LogP contribution in [0.5, 0.6) is 0 Å². The second-order valence-corrected chi connectivity index (χ2v) is 15.8. The number of anilines is 2. The first-order valence-electron chi connectivity index (χ1n) is 17.1. The van der Waals surface area contributed by atoms with Gasteiger partial charge in [-0.2, -0.15) is 0 Å². The summed E-state index contributed by atoms with van der Waals surface area (Å²) in [6.07, 6.45) is 6.60. The van der Waals surface area contributed by atoms with Gasteiger partial charge in [0.15, 0.2) is 0 Å². The summed E-state index contributed by atoms with van der Waals surface area (Å²) in [6.45, 7) is 4.94. The monoisotopic (exact) mass is 733 g/mol. The topological polar surface area (TPSA) is 86.3 Å². The molecule has 1 atom stereocenters. The van der Waals surface area contributed by atoms with Crippen molar-refractivity contribution < 1.29 is 17.9 Å². The van der Waals surface area contributed by atoms with Crippen LogP contribution in [0.15, 0.2) is 102 Å². The van der Waals surface area contributed by atoms with Crippen LogP contribution in [0.25, 0.3) is 0 Å². The Bertz CT molecular complexity index is 1900. The highest BCUT2D eigenvalue weighted by Gasteiger charge is 2.43. The summed E-state index contributed by atoms with van der Waals surface area (Å²) < 4.78 is 35.6. The Balaban J connectivity index is 1.00. The number of fused-ring (bicyclic) bond motifs is 1. The number of amides is 1. The van der Waals surface area contributed by atoms with Crippen LogP contribution in [-0.2, 0) is 31.5 Å². The fourth-order valence-corrected chi connectivity index (χ4v) is 9.88. The second-order valence-electron chi connectivity index (χ2n) is 13.2. The van der Waals surface area contributed by atoms with E-state index in [2.05, 4.69) is 57.2 Å². The van der Waals surface area contributed by atoms with Gasteiger partial charge in [-0.25, -0.2) is 8.42 Å². The zero-order valence-electron chi connectivity index (χ0n) is 27.8. The fraction of sp³-hybridized carbons (Fsp3) is 0.368. The minimum absolute atomic E-state index is 0.0543. The molecule has 7 rings (SSSR count). The predicted octanol–water partition coefficient (Wildman–Crippen LogP) is 6.26. The van der Waals surface area contributed by atoms with Crippen LogP contribution in [0, 0.1) is 0 Å². The van der Waals surface area contributed by atoms with Crippen molar-refractivity contribution in [2.75, 3.05) is 61.7 Å². The van der Waals surface area contributed by atoms with Gasteiger partial charge in [0, 0.05) is 62.9 Å². The molecular formula is C38H41Cl2N5O4S. The van der Waals surface area contributed by atoms with E-state index in [0.29, 0.717) is 31.6 Å². The number of hydrogen-bond donors (Lipinski definition) is 0. The molecule has 0 saturated carbocycles. The van der Waals surface area contributed by atoms with E-state index in [1.807, 2.05) is 41.6 Å². The van der Waals surface area contributed by atoms with Gasteiger partial charge >= 0.3 is 0 Å². The quantitative estimate of drug-likeness (QED) is 0.201. The SMILES string of the molecule is O=C(COCC1CCc2ccccc2N1S(=O)(=O)c1ccc(Cl)c(Cl)c1)N1CCC(c2ccccc2)(N2CCN(c3ccncc3)CC2)CC1. The smallest absolute Gasteiger partial charge is 0.264 e. The number of hydrogen-bond acceptors (Lipinski definition) is 7. The first-order chi connectivity index (χ1) is 24.3. The summed E-state index contributed by atoms with van der Waals surface area (Å²) in [5.41, 5.74) is 3.89. The summed E-state index contributed by atoms with van der Waals surface area (Å²) in [6, 6.07) is 26.2. The Morgan fingerprint density at radius 1 is 0.840 bits per heavy atom. The van der Waals surface area contributed by atoms with Gasteiger partial charge in [0.05, 0.1) is 33.3 Å². The number of piperidine rings is 1. The lowest BCUT2D eigenvalue weighted by atomic mass is 9.78. The number of pyridine rings is 1. The summed E-state index contributed by atoms with van der Waals surface area (Å²) in [7, 11) is -4.00. The lowest BCUT2D eigenvalue weighted by Gasteiger charge is -2.52. The number of ether oxygens (including phenoxy) is 1. The molecule has 0 aliphatic carbocycles. The van der Waals surface area contributed by atoms with Crippen LogP contribution in [0.3, 0.4) is 0 Å². The van der Waals surface area contributed by atoms with Gasteiger partial charge in [0.2, 0.25) is 5.91 Å². The van der Waals surface area contributed by atoms with Gasteiger partial charge in [0.1, 0.15) is 6.61 Å². The molecule has 2 saturated heterocycles. The average Bonchev–Trinajstić information content (AvgIpc) is 3.16. The van der Waals surface area contributed by atoms with Crippen LogP contribution in [0.1, 0.15) is 30.4 Å². The molecule has 0 spiro atoms. The Kier molecular flexibility index (Phi) is 10.4. The van der Waals surface area contributed by atoms with Gasteiger partial charge in [-0.1, -0.05) is 71.7 Å². The molecule has 0 N–H and O–H groups in total. The first-order valence-corrected chi connectivity index (χ1v) is 19.3. The standard InChI is InChI=1S/C38H41Cl2N5O4S/c39-34-13-12-33(26-35(34)40)50(47,48)45-32(11-10-29-6-4-5-9-36(29)45)27-49-28-37(46)43-20-16-38(17-21-43,30-7-2-1-3-8-30)44-24-22-42(23-25-44)31-14-18-41-19-15-31/h1-9,12-15,18-19,26,32H,10-11,16-17,20-25,27-28H2. The Hall–Kier alpha value is -3.67. The van der Waals surface area contributed by atoms with Crippen molar-refractivity contribution in [1.29, 1.82) is 0 Å². The number of carbonyl (C=O) groups excluding carboxylic acids is 1. The predicted molar refractivity (Wildman–Crippen MR) is 197 cm³/mol. The molecular weight excluding hydrogens is 693 g/mol. The summed E-state index contributed by atoms with van der Waals surface area (Å²) in [4.78, 5) is 24.7. The van der Waals surface area contributed by atoms with E-state index in [-0.39, 0.29) is 39.6 Å². The van der Waals surface area contributed by atoms with Gasteiger partial charge in [-0.15, -0.1) is 0 Å². The molecule has 4 aromatic rings. The maximum Gasteiger partial charge on any atom is 0.264 e. The second kappa shape index (κ2) is 14.9. The van der Waals surface area contributed by atoms with Gasteiger partial charge in [-0.05, 0) is 73.2 Å². The van der Waals surface area contributed by atoms with Crippen LogP contribution in [-0.4, -0.2) is 87.6 Å². The highest BCUT2D eigenvalue weighted by Crippen LogP contribution is 2.40. The van der Waals surface area contributed by atoms with E-state index in [1.165, 1.54) is 33.8 Å². The number of halogens is 2. The number of aryl methyl sites for hydroxylation is 1. The Morgan fingerprint density at radius 3 is 2.26 bits per heavy atom. The third-order valence-electron chi connectivity index (χ3n) is 10.5. The van der Waals surface area contributed by atoms with Gasteiger partial charge < -0.3 is 14.5 Å². The van der Waals surface area contributed by atoms with E-state index in [0.717, 1.165) is 44.6 Å². The molecule has 12 heteroatoms. The number of rotatable bonds is 9. The van der Waals surface area contributed by atoms with Crippen LogP contribution < -0.4 is 9.21 Å². The molecule has 4 heterocycles. The number of likely N-dealkylation sites (tertiary alicyclic amines) is 1. The summed E-state index contributed by atoms with van der Waals surface area (Å²) in [5.74, 6) is -0.0794. The molecule has 2 fully saturated rings. The van der Waals surface area contributed by atoms with E-state index in [9.17, 15) is 13.2 Å². The maximum atomic E-state index is 14.1. The molecule has 262 valence electrons. The maximum absolute atomic E-state index is 14.1. The van der Waals surface area contributed by atoms with E-state index < -0.39 is 16.1 Å². The number of nitrogens with zero attached hydrogens (tertiary/aromatic N) is 5. The van der Waals surface area contributed by atoms with E-state index in [1.54, 1.807) is 0 Å². The number of para-hydroxylation sites is 1. The van der Waals surface area contributed by atoms with Crippen molar-refractivity contribution in [3.05, 3.63) is 118 Å². The van der Waals surface area contributed by atoms with Crippen molar-refractivity contribution in [3.8, 4) is 0 Å². The van der Waals surface area contributed by atoms with Crippen LogP contribution >= 0.6 is 23.2 Å². The third kappa shape index (κ3) is 6.96. The number of sulfonamides is 1. The number of piperazine rings is 1. The molecule has 1 amide bonds. The lowest BCUT2D eigenvalue weighted by molar-refractivity contribution is -0.139. The van der Waals surface area contributed by atoms with Crippen molar-refractivity contribution in [1.82, 2.24) is 14.8 Å². The molecule has 3 aromatic carbocycles. The summed E-state index contributed by atoms with van der Waals surface area (Å²) in [5, 5.41) is 0.451. The minimum Gasteiger partial charge on any atom is -0.369 e. The first kappa shape index (κ1) is 34.8. The number of benzene rings is 3. The molecule has 9 nitrogen and oxygen atoms in total.